The molecule has 0 aliphatic carbocycles. The Bertz CT molecular complexity index is 764. The summed E-state index contributed by atoms with van der Waals surface area (Å²) in [5.74, 6) is -0.287. The molecule has 22 heavy (non-hydrogen) atoms. The van der Waals surface area contributed by atoms with E-state index >= 15 is 0 Å². The topological polar surface area (TPSA) is 94.8 Å². The maximum Gasteiger partial charge on any atom is 0.413 e. The Labute approximate surface area is 125 Å². The average molecular weight is 305 g/mol. The summed E-state index contributed by atoms with van der Waals surface area (Å²) >= 11 is 0. The molecule has 0 aliphatic rings. The van der Waals surface area contributed by atoms with Crippen molar-refractivity contribution in [2.45, 2.75) is 13.8 Å². The summed E-state index contributed by atoms with van der Waals surface area (Å²) in [7, 11) is 0. The largest absolute Gasteiger partial charge is 0.484 e. The van der Waals surface area contributed by atoms with Gasteiger partial charge in [-0.3, -0.25) is 10.1 Å². The molecule has 7 nitrogen and oxygen atoms in total. The van der Waals surface area contributed by atoms with E-state index in [0.29, 0.717) is 11.3 Å². The van der Waals surface area contributed by atoms with Gasteiger partial charge in [0.2, 0.25) is 0 Å². The second-order valence-corrected chi connectivity index (χ2v) is 4.46. The molecule has 1 N–H and O–H groups in total. The molecule has 1 aromatic heterocycles. The Kier molecular flexibility index (Phi) is 4.77. The Morgan fingerprint density at radius 1 is 1.27 bits per heavy atom. The van der Waals surface area contributed by atoms with E-state index in [1.54, 1.807) is 26.0 Å². The van der Waals surface area contributed by atoms with Crippen LogP contribution >= 0.6 is 0 Å². The molecule has 1 aromatic carbocycles. The summed E-state index contributed by atoms with van der Waals surface area (Å²) in [5, 5.41) is 2.79. The van der Waals surface area contributed by atoms with Crippen molar-refractivity contribution < 1.29 is 23.5 Å². The molecule has 1 heterocycles. The van der Waals surface area contributed by atoms with Crippen LogP contribution < -0.4 is 15.7 Å². The monoisotopic (exact) mass is 305 g/mol. The molecule has 0 fully saturated rings. The molecule has 0 saturated carbocycles. The number of hydrogen-bond acceptors (Lipinski definition) is 6. The van der Waals surface area contributed by atoms with E-state index in [-0.39, 0.29) is 13.2 Å². The number of nitrogens with one attached hydrogen (secondary N) is 1. The number of amides is 2. The fourth-order valence-electron chi connectivity index (χ4n) is 1.86. The van der Waals surface area contributed by atoms with Crippen LogP contribution in [0.5, 0.6) is 5.75 Å². The van der Waals surface area contributed by atoms with Gasteiger partial charge in [0.05, 0.1) is 6.61 Å². The highest BCUT2D eigenvalue weighted by Crippen LogP contribution is 2.22. The van der Waals surface area contributed by atoms with Gasteiger partial charge >= 0.3 is 11.7 Å². The van der Waals surface area contributed by atoms with Crippen molar-refractivity contribution >= 4 is 23.0 Å². The van der Waals surface area contributed by atoms with Gasteiger partial charge < -0.3 is 13.9 Å². The highest BCUT2D eigenvalue weighted by molar-refractivity contribution is 5.92. The molecule has 2 amide bonds. The van der Waals surface area contributed by atoms with Gasteiger partial charge in [0.1, 0.15) is 11.3 Å². The van der Waals surface area contributed by atoms with Crippen molar-refractivity contribution in [2.75, 3.05) is 13.2 Å². The second-order valence-electron chi connectivity index (χ2n) is 4.46. The number of hydrogen-bond donors (Lipinski definition) is 1. The Morgan fingerprint density at radius 2 is 2.05 bits per heavy atom. The molecule has 0 saturated heterocycles. The SMILES string of the molecule is CCOC(=O)NC(=O)COc1ccc2c(C)cc(=O)oc2c1. The quantitative estimate of drug-likeness (QED) is 0.865. The molecule has 0 bridgehead atoms. The first-order valence-corrected chi connectivity index (χ1v) is 6.63. The number of fused-ring (bicyclic) bond motifs is 1. The number of imide groups is 1. The lowest BCUT2D eigenvalue weighted by atomic mass is 10.1. The molecule has 0 unspecified atom stereocenters. The van der Waals surface area contributed by atoms with E-state index in [1.165, 1.54) is 12.1 Å². The van der Waals surface area contributed by atoms with E-state index in [0.717, 1.165) is 10.9 Å². The van der Waals surface area contributed by atoms with E-state index < -0.39 is 17.6 Å². The van der Waals surface area contributed by atoms with E-state index in [4.69, 9.17) is 9.15 Å². The predicted molar refractivity (Wildman–Crippen MR) is 77.9 cm³/mol. The number of aryl methyl sites for hydroxylation is 1. The van der Waals surface area contributed by atoms with Crippen LogP contribution in [-0.4, -0.2) is 25.2 Å². The van der Waals surface area contributed by atoms with Crippen molar-refractivity contribution in [3.63, 3.8) is 0 Å². The number of benzene rings is 1. The molecular formula is C15H15NO6. The third-order valence-electron chi connectivity index (χ3n) is 2.81. The summed E-state index contributed by atoms with van der Waals surface area (Å²) in [4.78, 5) is 33.9. The van der Waals surface area contributed by atoms with Gasteiger partial charge in [-0.15, -0.1) is 0 Å². The minimum Gasteiger partial charge on any atom is -0.484 e. The van der Waals surface area contributed by atoms with Crippen LogP contribution in [0.1, 0.15) is 12.5 Å². The standard InChI is InChI=1S/C15H15NO6/c1-3-20-15(19)16-13(17)8-21-10-4-5-11-9(2)6-14(18)22-12(11)7-10/h4-7H,3,8H2,1-2H3,(H,16,17,19). The van der Waals surface area contributed by atoms with E-state index in [1.807, 2.05) is 5.32 Å². The summed E-state index contributed by atoms with van der Waals surface area (Å²) in [6.07, 6.45) is -0.823. The third kappa shape index (κ3) is 3.85. The molecule has 7 heteroatoms. The zero-order valence-electron chi connectivity index (χ0n) is 12.2. The lowest BCUT2D eigenvalue weighted by Gasteiger charge is -2.07. The Morgan fingerprint density at radius 3 is 2.77 bits per heavy atom. The van der Waals surface area contributed by atoms with Gasteiger partial charge in [-0.05, 0) is 31.5 Å². The molecule has 2 aromatic rings. The first-order valence-electron chi connectivity index (χ1n) is 6.63. The minimum absolute atomic E-state index is 0.170. The average Bonchev–Trinajstić information content (AvgIpc) is 2.44. The molecule has 0 aliphatic heterocycles. The molecule has 0 atom stereocenters. The fraction of sp³-hybridized carbons (Fsp3) is 0.267. The number of carbonyl (C=O) groups excluding carboxylic acids is 2. The lowest BCUT2D eigenvalue weighted by molar-refractivity contribution is -0.122. The highest BCUT2D eigenvalue weighted by atomic mass is 16.5. The van der Waals surface area contributed by atoms with Crippen LogP contribution in [0.2, 0.25) is 0 Å². The molecule has 0 spiro atoms. The predicted octanol–water partition coefficient (Wildman–Crippen LogP) is 1.75. The van der Waals surface area contributed by atoms with Crippen molar-refractivity contribution in [3.8, 4) is 5.75 Å². The van der Waals surface area contributed by atoms with Gasteiger partial charge in [-0.1, -0.05) is 0 Å². The summed E-state index contributed by atoms with van der Waals surface area (Å²) < 4.78 is 14.9. The van der Waals surface area contributed by atoms with E-state index in [2.05, 4.69) is 4.74 Å². The normalized spacial score (nSPS) is 10.3. The van der Waals surface area contributed by atoms with Crippen LogP contribution in [0.15, 0.2) is 33.5 Å². The second kappa shape index (κ2) is 6.75. The molecule has 116 valence electrons. The first kappa shape index (κ1) is 15.6. The van der Waals surface area contributed by atoms with Crippen LogP contribution in [-0.2, 0) is 9.53 Å². The van der Waals surface area contributed by atoms with Gasteiger partial charge in [0.15, 0.2) is 6.61 Å². The third-order valence-corrected chi connectivity index (χ3v) is 2.81. The van der Waals surface area contributed by atoms with Crippen molar-refractivity contribution in [1.82, 2.24) is 5.32 Å². The van der Waals surface area contributed by atoms with Crippen molar-refractivity contribution in [1.29, 1.82) is 0 Å². The smallest absolute Gasteiger partial charge is 0.413 e. The van der Waals surface area contributed by atoms with Gasteiger partial charge in [0, 0.05) is 17.5 Å². The van der Waals surface area contributed by atoms with Crippen LogP contribution in [0.3, 0.4) is 0 Å². The summed E-state index contributed by atoms with van der Waals surface area (Å²) in [5.41, 5.74) is 0.702. The first-order chi connectivity index (χ1) is 10.5. The summed E-state index contributed by atoms with van der Waals surface area (Å²) in [6, 6.07) is 6.29. The molecule has 0 radical (unpaired) electrons. The highest BCUT2D eigenvalue weighted by Gasteiger charge is 2.10. The molecular weight excluding hydrogens is 290 g/mol. The number of ether oxygens (including phenoxy) is 2. The van der Waals surface area contributed by atoms with Gasteiger partial charge in [0.25, 0.3) is 5.91 Å². The van der Waals surface area contributed by atoms with Crippen molar-refractivity contribution in [2.24, 2.45) is 0 Å². The zero-order chi connectivity index (χ0) is 16.1. The maximum atomic E-state index is 11.5. The Balaban J connectivity index is 2.05. The number of rotatable bonds is 4. The van der Waals surface area contributed by atoms with Crippen molar-refractivity contribution in [3.05, 3.63) is 40.2 Å². The lowest BCUT2D eigenvalue weighted by Crippen LogP contribution is -2.34. The number of carbonyl (C=O) groups is 2. The van der Waals surface area contributed by atoms with Gasteiger partial charge in [-0.2, -0.15) is 0 Å². The molecule has 2 rings (SSSR count). The van der Waals surface area contributed by atoms with E-state index in [9.17, 15) is 14.4 Å². The zero-order valence-corrected chi connectivity index (χ0v) is 12.2. The summed E-state index contributed by atoms with van der Waals surface area (Å²) in [6.45, 7) is 3.24. The van der Waals surface area contributed by atoms with Gasteiger partial charge in [-0.25, -0.2) is 9.59 Å². The van der Waals surface area contributed by atoms with Crippen LogP contribution in [0.4, 0.5) is 4.79 Å². The fourth-order valence-corrected chi connectivity index (χ4v) is 1.86. The Hall–Kier alpha value is -2.83. The van der Waals surface area contributed by atoms with Crippen LogP contribution in [0, 0.1) is 6.92 Å². The number of alkyl carbamates (subject to hydrolysis) is 1. The maximum absolute atomic E-state index is 11.5. The van der Waals surface area contributed by atoms with Crippen LogP contribution in [0.25, 0.3) is 11.0 Å². The minimum atomic E-state index is -0.823.